The monoisotopic (exact) mass is 154 g/mol. The molecule has 0 aromatic carbocycles. The van der Waals surface area contributed by atoms with Gasteiger partial charge in [0, 0.05) is 0 Å². The second-order valence-corrected chi connectivity index (χ2v) is 1.99. The van der Waals surface area contributed by atoms with Crippen molar-refractivity contribution in [1.29, 1.82) is 0 Å². The van der Waals surface area contributed by atoms with Gasteiger partial charge in [-0.15, -0.1) is 0 Å². The van der Waals surface area contributed by atoms with Crippen molar-refractivity contribution in [3.63, 3.8) is 0 Å². The van der Waals surface area contributed by atoms with Gasteiger partial charge in [-0.3, -0.25) is 0 Å². The Morgan fingerprint density at radius 3 is 1.70 bits per heavy atom. The molecule has 0 heterocycles. The number of alkyl halides is 2. The van der Waals surface area contributed by atoms with E-state index < -0.39 is 6.61 Å². The van der Waals surface area contributed by atoms with Crippen molar-refractivity contribution in [3.8, 4) is 0 Å². The van der Waals surface area contributed by atoms with Crippen LogP contribution in [0.15, 0.2) is 0 Å². The van der Waals surface area contributed by atoms with Crippen LogP contribution in [0.4, 0.5) is 8.78 Å². The third-order valence-electron chi connectivity index (χ3n) is 0.556. The van der Waals surface area contributed by atoms with Gasteiger partial charge in [0.2, 0.25) is 0 Å². The van der Waals surface area contributed by atoms with Crippen molar-refractivity contribution in [1.82, 2.24) is 0 Å². The predicted molar refractivity (Wildman–Crippen MR) is 38.1 cm³/mol. The lowest BCUT2D eigenvalue weighted by atomic mass is 10.2. The molecular formula is C7H16F2O. The topological polar surface area (TPSA) is 9.23 Å². The van der Waals surface area contributed by atoms with Crippen LogP contribution in [0.5, 0.6) is 0 Å². The summed E-state index contributed by atoms with van der Waals surface area (Å²) in [5.74, 6) is 0.184. The Labute approximate surface area is 61.4 Å². The van der Waals surface area contributed by atoms with Gasteiger partial charge in [0.05, 0.1) is 6.61 Å². The van der Waals surface area contributed by atoms with E-state index in [0.717, 1.165) is 0 Å². The maximum atomic E-state index is 11.2. The molecule has 0 amide bonds. The highest BCUT2D eigenvalue weighted by Crippen LogP contribution is 1.98. The molecule has 3 heteroatoms. The third kappa shape index (κ3) is 15.7. The highest BCUT2D eigenvalue weighted by atomic mass is 19.3. The first-order chi connectivity index (χ1) is 4.63. The Bertz CT molecular complexity index is 47.6. The van der Waals surface area contributed by atoms with Crippen molar-refractivity contribution >= 4 is 0 Å². The zero-order valence-corrected chi connectivity index (χ0v) is 7.03. The minimum atomic E-state index is -2.61. The molecule has 0 aromatic heterocycles. The molecule has 0 aliphatic carbocycles. The van der Waals surface area contributed by atoms with Crippen molar-refractivity contribution < 1.29 is 13.5 Å². The Morgan fingerprint density at radius 2 is 1.60 bits per heavy atom. The standard InChI is InChI=1S/C5H10F2O.C2H6/c1-4(2)3-8-5(6)7;1-2/h4-5H,3H2,1-2H3;1-2H3. The summed E-state index contributed by atoms with van der Waals surface area (Å²) in [6.45, 7) is 5.17. The first-order valence-electron chi connectivity index (χ1n) is 3.52. The van der Waals surface area contributed by atoms with E-state index in [0.29, 0.717) is 0 Å². The minimum absolute atomic E-state index is 0.137. The van der Waals surface area contributed by atoms with Crippen molar-refractivity contribution in [2.24, 2.45) is 5.92 Å². The SMILES string of the molecule is CC.CC(C)COC(F)F. The lowest BCUT2D eigenvalue weighted by molar-refractivity contribution is -0.135. The van der Waals surface area contributed by atoms with Gasteiger partial charge in [0.25, 0.3) is 0 Å². The molecule has 0 spiro atoms. The molecule has 0 saturated carbocycles. The van der Waals surface area contributed by atoms with E-state index in [2.05, 4.69) is 4.74 Å². The van der Waals surface area contributed by atoms with Crippen LogP contribution in [-0.4, -0.2) is 13.2 Å². The number of hydrogen-bond donors (Lipinski definition) is 0. The summed E-state index contributed by atoms with van der Waals surface area (Å²) >= 11 is 0. The second kappa shape index (κ2) is 8.82. The lowest BCUT2D eigenvalue weighted by Crippen LogP contribution is -2.05. The summed E-state index contributed by atoms with van der Waals surface area (Å²) in [4.78, 5) is 0. The maximum absolute atomic E-state index is 11.2. The van der Waals surface area contributed by atoms with Crippen LogP contribution in [0.1, 0.15) is 27.7 Å². The molecule has 0 aliphatic rings. The molecule has 0 radical (unpaired) electrons. The third-order valence-corrected chi connectivity index (χ3v) is 0.556. The molecule has 10 heavy (non-hydrogen) atoms. The Kier molecular flexibility index (Phi) is 11.0. The van der Waals surface area contributed by atoms with Gasteiger partial charge in [-0.2, -0.15) is 8.78 Å². The van der Waals surface area contributed by atoms with E-state index in [-0.39, 0.29) is 12.5 Å². The van der Waals surface area contributed by atoms with E-state index in [4.69, 9.17) is 0 Å². The maximum Gasteiger partial charge on any atom is 0.345 e. The van der Waals surface area contributed by atoms with E-state index >= 15 is 0 Å². The molecule has 0 aromatic rings. The predicted octanol–water partition coefficient (Wildman–Crippen LogP) is 2.91. The van der Waals surface area contributed by atoms with Gasteiger partial charge in [-0.05, 0) is 5.92 Å². The van der Waals surface area contributed by atoms with Crippen molar-refractivity contribution in [2.75, 3.05) is 6.61 Å². The molecule has 0 saturated heterocycles. The fraction of sp³-hybridized carbons (Fsp3) is 1.00. The van der Waals surface area contributed by atoms with Crippen LogP contribution in [0.2, 0.25) is 0 Å². The first-order valence-corrected chi connectivity index (χ1v) is 3.52. The molecular weight excluding hydrogens is 138 g/mol. The van der Waals surface area contributed by atoms with E-state index in [1.807, 2.05) is 27.7 Å². The summed E-state index contributed by atoms with van der Waals surface area (Å²) in [6.07, 6.45) is 0. The summed E-state index contributed by atoms with van der Waals surface area (Å²) < 4.78 is 26.3. The molecule has 0 aliphatic heterocycles. The average Bonchev–Trinajstić information content (AvgIpc) is 1.89. The van der Waals surface area contributed by atoms with Crippen molar-refractivity contribution in [2.45, 2.75) is 34.3 Å². The average molecular weight is 154 g/mol. The fourth-order valence-electron chi connectivity index (χ4n) is 0.265. The van der Waals surface area contributed by atoms with Crippen molar-refractivity contribution in [3.05, 3.63) is 0 Å². The summed E-state index contributed by atoms with van der Waals surface area (Å²) in [5, 5.41) is 0. The smallest absolute Gasteiger partial charge is 0.323 e. The van der Waals surface area contributed by atoms with Crippen LogP contribution >= 0.6 is 0 Å². The number of ether oxygens (including phenoxy) is 1. The molecule has 0 rings (SSSR count). The van der Waals surface area contributed by atoms with E-state index in [1.54, 1.807) is 0 Å². The van der Waals surface area contributed by atoms with Gasteiger partial charge < -0.3 is 4.74 Å². The number of hydrogen-bond acceptors (Lipinski definition) is 1. The molecule has 0 N–H and O–H groups in total. The molecule has 0 fully saturated rings. The highest BCUT2D eigenvalue weighted by molar-refractivity contribution is 4.36. The van der Waals surface area contributed by atoms with Gasteiger partial charge in [-0.1, -0.05) is 27.7 Å². The zero-order valence-electron chi connectivity index (χ0n) is 7.03. The fourth-order valence-corrected chi connectivity index (χ4v) is 0.265. The van der Waals surface area contributed by atoms with E-state index in [1.165, 1.54) is 0 Å². The molecule has 64 valence electrons. The van der Waals surface area contributed by atoms with Gasteiger partial charge in [-0.25, -0.2) is 0 Å². The molecule has 0 bridgehead atoms. The normalized spacial score (nSPS) is 9.60. The van der Waals surface area contributed by atoms with Gasteiger partial charge in [0.1, 0.15) is 0 Å². The first kappa shape index (κ1) is 12.5. The van der Waals surface area contributed by atoms with Gasteiger partial charge in [0.15, 0.2) is 0 Å². The largest absolute Gasteiger partial charge is 0.345 e. The van der Waals surface area contributed by atoms with Crippen LogP contribution < -0.4 is 0 Å². The van der Waals surface area contributed by atoms with Crippen LogP contribution in [0.25, 0.3) is 0 Å². The van der Waals surface area contributed by atoms with Crippen LogP contribution in [0, 0.1) is 5.92 Å². The van der Waals surface area contributed by atoms with Crippen LogP contribution in [-0.2, 0) is 4.74 Å². The Hall–Kier alpha value is -0.180. The Morgan fingerprint density at radius 1 is 1.20 bits per heavy atom. The quantitative estimate of drug-likeness (QED) is 0.607. The van der Waals surface area contributed by atoms with Crippen LogP contribution in [0.3, 0.4) is 0 Å². The molecule has 0 atom stereocenters. The van der Waals surface area contributed by atoms with Gasteiger partial charge >= 0.3 is 6.61 Å². The number of halogens is 2. The molecule has 0 unspecified atom stereocenters. The van der Waals surface area contributed by atoms with E-state index in [9.17, 15) is 8.78 Å². The second-order valence-electron chi connectivity index (χ2n) is 1.99. The lowest BCUT2D eigenvalue weighted by Gasteiger charge is -2.03. The summed E-state index contributed by atoms with van der Waals surface area (Å²) in [6, 6.07) is 0. The highest BCUT2D eigenvalue weighted by Gasteiger charge is 2.01. The minimum Gasteiger partial charge on any atom is -0.323 e. The Balaban J connectivity index is 0. The molecule has 1 nitrogen and oxygen atoms in total. The summed E-state index contributed by atoms with van der Waals surface area (Å²) in [5.41, 5.74) is 0. The zero-order chi connectivity index (χ0) is 8.57. The number of rotatable bonds is 3. The summed E-state index contributed by atoms with van der Waals surface area (Å²) in [7, 11) is 0.